The molecule has 1 aliphatic rings. The monoisotopic (exact) mass is 290 g/mol. The van der Waals surface area contributed by atoms with E-state index in [1.807, 2.05) is 30.5 Å². The summed E-state index contributed by atoms with van der Waals surface area (Å²) in [6, 6.07) is 16.5. The van der Waals surface area contributed by atoms with Crippen molar-refractivity contribution in [2.24, 2.45) is 0 Å². The Kier molecular flexibility index (Phi) is 3.19. The van der Waals surface area contributed by atoms with E-state index in [0.717, 1.165) is 35.7 Å². The lowest BCUT2D eigenvalue weighted by molar-refractivity contribution is 0.0935. The number of H-pyrrole nitrogens is 1. The van der Waals surface area contributed by atoms with Crippen molar-refractivity contribution in [2.75, 3.05) is 0 Å². The molecule has 0 saturated heterocycles. The molecule has 0 fully saturated rings. The van der Waals surface area contributed by atoms with Gasteiger partial charge in [-0.05, 0) is 48.6 Å². The van der Waals surface area contributed by atoms with Crippen LogP contribution in [0.1, 0.15) is 27.9 Å². The van der Waals surface area contributed by atoms with Crippen LogP contribution in [0.3, 0.4) is 0 Å². The van der Waals surface area contributed by atoms with Gasteiger partial charge in [0.1, 0.15) is 0 Å². The van der Waals surface area contributed by atoms with E-state index in [0.29, 0.717) is 0 Å². The van der Waals surface area contributed by atoms with Crippen molar-refractivity contribution in [1.82, 2.24) is 10.3 Å². The van der Waals surface area contributed by atoms with Crippen LogP contribution in [-0.4, -0.2) is 16.9 Å². The number of nitrogens with one attached hydrogen (secondary N) is 2. The first-order valence-electron chi connectivity index (χ1n) is 7.75. The molecular weight excluding hydrogens is 272 g/mol. The molecule has 2 aromatic carbocycles. The molecule has 4 rings (SSSR count). The Labute approximate surface area is 129 Å². The van der Waals surface area contributed by atoms with E-state index in [2.05, 4.69) is 34.6 Å². The molecule has 1 atom stereocenters. The van der Waals surface area contributed by atoms with Crippen molar-refractivity contribution in [2.45, 2.75) is 25.3 Å². The second-order valence-electron chi connectivity index (χ2n) is 5.93. The summed E-state index contributed by atoms with van der Waals surface area (Å²) < 4.78 is 0. The van der Waals surface area contributed by atoms with Gasteiger partial charge in [0.05, 0.1) is 0 Å². The number of amides is 1. The van der Waals surface area contributed by atoms with Crippen LogP contribution in [-0.2, 0) is 12.8 Å². The van der Waals surface area contributed by atoms with Crippen LogP contribution < -0.4 is 5.32 Å². The van der Waals surface area contributed by atoms with Crippen molar-refractivity contribution in [3.05, 3.63) is 71.4 Å². The number of aromatic amines is 1. The van der Waals surface area contributed by atoms with E-state index >= 15 is 0 Å². The van der Waals surface area contributed by atoms with Gasteiger partial charge in [-0.1, -0.05) is 30.3 Å². The molecule has 0 spiro atoms. The second kappa shape index (κ2) is 5.34. The highest BCUT2D eigenvalue weighted by Crippen LogP contribution is 2.22. The molecule has 1 amide bonds. The molecule has 0 radical (unpaired) electrons. The summed E-state index contributed by atoms with van der Waals surface area (Å²) in [4.78, 5) is 15.8. The Morgan fingerprint density at radius 3 is 2.82 bits per heavy atom. The van der Waals surface area contributed by atoms with Gasteiger partial charge in [-0.25, -0.2) is 0 Å². The summed E-state index contributed by atoms with van der Waals surface area (Å²) in [5.74, 6) is 0.0228. The summed E-state index contributed by atoms with van der Waals surface area (Å²) in [5.41, 5.74) is 4.53. The van der Waals surface area contributed by atoms with E-state index in [4.69, 9.17) is 0 Å². The van der Waals surface area contributed by atoms with Crippen molar-refractivity contribution in [3.63, 3.8) is 0 Å². The average molecular weight is 290 g/mol. The number of hydrogen-bond donors (Lipinski definition) is 2. The molecular formula is C19H18N2O. The summed E-state index contributed by atoms with van der Waals surface area (Å²) in [5, 5.41) is 4.19. The number of carbonyl (C=O) groups excluding carboxylic acids is 1. The fourth-order valence-corrected chi connectivity index (χ4v) is 3.37. The van der Waals surface area contributed by atoms with Crippen molar-refractivity contribution < 1.29 is 4.79 Å². The minimum Gasteiger partial charge on any atom is -0.361 e. The largest absolute Gasteiger partial charge is 0.361 e. The molecule has 1 aromatic heterocycles. The van der Waals surface area contributed by atoms with Crippen LogP contribution in [0.25, 0.3) is 10.9 Å². The van der Waals surface area contributed by atoms with Gasteiger partial charge in [-0.3, -0.25) is 4.79 Å². The number of rotatable bonds is 2. The van der Waals surface area contributed by atoms with Gasteiger partial charge in [0.2, 0.25) is 0 Å². The lowest BCUT2D eigenvalue weighted by Crippen LogP contribution is -2.38. The molecule has 1 aliphatic carbocycles. The van der Waals surface area contributed by atoms with Crippen molar-refractivity contribution >= 4 is 16.8 Å². The minimum atomic E-state index is 0.0228. The van der Waals surface area contributed by atoms with Crippen LogP contribution in [0.5, 0.6) is 0 Å². The second-order valence-corrected chi connectivity index (χ2v) is 5.93. The highest BCUT2D eigenvalue weighted by molar-refractivity contribution is 6.06. The predicted molar refractivity (Wildman–Crippen MR) is 88.0 cm³/mol. The molecule has 22 heavy (non-hydrogen) atoms. The van der Waals surface area contributed by atoms with Crippen LogP contribution in [0, 0.1) is 0 Å². The summed E-state index contributed by atoms with van der Waals surface area (Å²) in [6.45, 7) is 0. The lowest BCUT2D eigenvalue weighted by Gasteiger charge is -2.25. The highest BCUT2D eigenvalue weighted by atomic mass is 16.1. The van der Waals surface area contributed by atoms with Crippen molar-refractivity contribution in [1.29, 1.82) is 0 Å². The Morgan fingerprint density at radius 2 is 1.91 bits per heavy atom. The number of benzene rings is 2. The Balaban J connectivity index is 1.55. The lowest BCUT2D eigenvalue weighted by atomic mass is 9.88. The predicted octanol–water partition coefficient (Wildman–Crippen LogP) is 3.46. The summed E-state index contributed by atoms with van der Waals surface area (Å²) in [6.07, 6.45) is 4.84. The summed E-state index contributed by atoms with van der Waals surface area (Å²) >= 11 is 0. The van der Waals surface area contributed by atoms with Gasteiger partial charge in [0.25, 0.3) is 5.91 Å². The van der Waals surface area contributed by atoms with E-state index < -0.39 is 0 Å². The van der Waals surface area contributed by atoms with Crippen LogP contribution in [0.4, 0.5) is 0 Å². The maximum atomic E-state index is 12.6. The molecule has 3 nitrogen and oxygen atoms in total. The molecule has 3 heteroatoms. The topological polar surface area (TPSA) is 44.9 Å². The number of aryl methyl sites for hydroxylation is 1. The van der Waals surface area contributed by atoms with Crippen LogP contribution >= 0.6 is 0 Å². The Bertz CT molecular complexity index is 834. The maximum absolute atomic E-state index is 12.6. The normalized spacial score (nSPS) is 17.2. The minimum absolute atomic E-state index is 0.0228. The number of fused-ring (bicyclic) bond motifs is 2. The first-order chi connectivity index (χ1) is 10.8. The molecule has 3 aromatic rings. The molecule has 0 aliphatic heterocycles. The van der Waals surface area contributed by atoms with E-state index in [1.54, 1.807) is 0 Å². The molecule has 0 saturated carbocycles. The SMILES string of the molecule is O=C(N[C@@H]1CCc2ccccc2C1)c1cccc2[nH]ccc12. The Hall–Kier alpha value is -2.55. The van der Waals surface area contributed by atoms with Gasteiger partial charge in [-0.15, -0.1) is 0 Å². The number of carbonyl (C=O) groups is 1. The third-order valence-electron chi connectivity index (χ3n) is 4.52. The van der Waals surface area contributed by atoms with Gasteiger partial charge >= 0.3 is 0 Å². The zero-order chi connectivity index (χ0) is 14.9. The van der Waals surface area contributed by atoms with Gasteiger partial charge in [0.15, 0.2) is 0 Å². The van der Waals surface area contributed by atoms with Crippen LogP contribution in [0.2, 0.25) is 0 Å². The van der Waals surface area contributed by atoms with Gasteiger partial charge < -0.3 is 10.3 Å². The van der Waals surface area contributed by atoms with E-state index in [-0.39, 0.29) is 11.9 Å². The molecule has 1 heterocycles. The third-order valence-corrected chi connectivity index (χ3v) is 4.52. The maximum Gasteiger partial charge on any atom is 0.252 e. The molecule has 0 bridgehead atoms. The van der Waals surface area contributed by atoms with Gasteiger partial charge in [0, 0.05) is 28.7 Å². The Morgan fingerprint density at radius 1 is 1.05 bits per heavy atom. The molecule has 2 N–H and O–H groups in total. The number of hydrogen-bond acceptors (Lipinski definition) is 1. The standard InChI is InChI=1S/C19H18N2O/c22-19(17-6-3-7-18-16(17)10-11-20-18)21-15-9-8-13-4-1-2-5-14(13)12-15/h1-7,10-11,15,20H,8-9,12H2,(H,21,22)/t15-/m1/s1. The van der Waals surface area contributed by atoms with Gasteiger partial charge in [-0.2, -0.15) is 0 Å². The third kappa shape index (κ3) is 2.29. The van der Waals surface area contributed by atoms with Crippen molar-refractivity contribution in [3.8, 4) is 0 Å². The van der Waals surface area contributed by atoms with E-state index in [1.165, 1.54) is 11.1 Å². The highest BCUT2D eigenvalue weighted by Gasteiger charge is 2.21. The zero-order valence-corrected chi connectivity index (χ0v) is 12.3. The fourth-order valence-electron chi connectivity index (χ4n) is 3.37. The van der Waals surface area contributed by atoms with E-state index in [9.17, 15) is 4.79 Å². The quantitative estimate of drug-likeness (QED) is 0.746. The molecule has 0 unspecified atom stereocenters. The fraction of sp³-hybridized carbons (Fsp3) is 0.211. The smallest absolute Gasteiger partial charge is 0.252 e. The molecule has 110 valence electrons. The zero-order valence-electron chi connectivity index (χ0n) is 12.3. The first-order valence-corrected chi connectivity index (χ1v) is 7.75. The average Bonchev–Trinajstić information content (AvgIpc) is 3.03. The summed E-state index contributed by atoms with van der Waals surface area (Å²) in [7, 11) is 0. The number of aromatic nitrogens is 1. The van der Waals surface area contributed by atoms with Crippen LogP contribution in [0.15, 0.2) is 54.7 Å². The first kappa shape index (κ1) is 13.1.